The highest BCUT2D eigenvalue weighted by Gasteiger charge is 2.11. The monoisotopic (exact) mass is 259 g/mol. The average molecular weight is 260 g/mol. The van der Waals surface area contributed by atoms with Gasteiger partial charge in [-0.1, -0.05) is 24.3 Å². The Morgan fingerprint density at radius 3 is 2.44 bits per heavy atom. The molecule has 4 heteroatoms. The molecule has 2 aromatic rings. The van der Waals surface area contributed by atoms with Crippen molar-refractivity contribution < 1.29 is 0 Å². The van der Waals surface area contributed by atoms with E-state index in [1.54, 1.807) is 0 Å². The summed E-state index contributed by atoms with van der Waals surface area (Å²) in [6, 6.07) is 7.80. The van der Waals surface area contributed by atoms with E-state index in [0.29, 0.717) is 13.1 Å². The highest BCUT2D eigenvalue weighted by molar-refractivity contribution is 6.28. The Hall–Kier alpha value is -1.87. The molecule has 0 spiro atoms. The van der Waals surface area contributed by atoms with Crippen LogP contribution < -0.4 is 4.90 Å². The van der Waals surface area contributed by atoms with Crippen LogP contribution >= 0.6 is 11.6 Å². The normalized spacial score (nSPS) is 10.3. The van der Waals surface area contributed by atoms with E-state index in [0.717, 1.165) is 16.7 Å². The van der Waals surface area contributed by atoms with Crippen LogP contribution in [0.2, 0.25) is 5.28 Å². The summed E-state index contributed by atoms with van der Waals surface area (Å²) in [6.45, 7) is 8.88. The zero-order valence-corrected chi connectivity index (χ0v) is 10.8. The van der Waals surface area contributed by atoms with Gasteiger partial charge in [0.25, 0.3) is 0 Å². The third kappa shape index (κ3) is 2.51. The molecular weight excluding hydrogens is 246 g/mol. The Morgan fingerprint density at radius 2 is 1.78 bits per heavy atom. The van der Waals surface area contributed by atoms with Crippen molar-refractivity contribution >= 4 is 28.3 Å². The van der Waals surface area contributed by atoms with Crippen molar-refractivity contribution in [3.63, 3.8) is 0 Å². The van der Waals surface area contributed by atoms with Crippen molar-refractivity contribution in [1.82, 2.24) is 9.97 Å². The van der Waals surface area contributed by atoms with Crippen LogP contribution in [0.25, 0.3) is 10.9 Å². The summed E-state index contributed by atoms with van der Waals surface area (Å²) in [6.07, 6.45) is 3.66. The first-order valence-corrected chi connectivity index (χ1v) is 6.03. The molecule has 0 N–H and O–H groups in total. The molecule has 0 unspecified atom stereocenters. The molecule has 18 heavy (non-hydrogen) atoms. The fraction of sp³-hybridized carbons (Fsp3) is 0.143. The van der Waals surface area contributed by atoms with E-state index in [2.05, 4.69) is 28.0 Å². The largest absolute Gasteiger partial charge is 0.349 e. The molecule has 92 valence electrons. The van der Waals surface area contributed by atoms with E-state index in [1.165, 1.54) is 0 Å². The smallest absolute Gasteiger partial charge is 0.224 e. The number of hydrogen-bond acceptors (Lipinski definition) is 3. The molecule has 0 aliphatic heterocycles. The summed E-state index contributed by atoms with van der Waals surface area (Å²) >= 11 is 5.97. The molecule has 2 rings (SSSR count). The number of fused-ring (bicyclic) bond motifs is 1. The summed E-state index contributed by atoms with van der Waals surface area (Å²) < 4.78 is 0. The van der Waals surface area contributed by atoms with Crippen LogP contribution in [0.1, 0.15) is 0 Å². The Kier molecular flexibility index (Phi) is 3.95. The molecule has 0 fully saturated rings. The number of halogens is 1. The van der Waals surface area contributed by atoms with E-state index in [9.17, 15) is 0 Å². The maximum Gasteiger partial charge on any atom is 0.224 e. The molecule has 0 aliphatic rings. The van der Waals surface area contributed by atoms with Gasteiger partial charge in [-0.3, -0.25) is 0 Å². The summed E-state index contributed by atoms with van der Waals surface area (Å²) in [5, 5.41) is 1.23. The van der Waals surface area contributed by atoms with Gasteiger partial charge < -0.3 is 4.90 Å². The first-order chi connectivity index (χ1) is 8.76. The van der Waals surface area contributed by atoms with E-state index in [4.69, 9.17) is 11.6 Å². The molecule has 1 aromatic carbocycles. The van der Waals surface area contributed by atoms with Gasteiger partial charge in [0.05, 0.1) is 5.52 Å². The van der Waals surface area contributed by atoms with E-state index >= 15 is 0 Å². The van der Waals surface area contributed by atoms with Gasteiger partial charge in [0.15, 0.2) is 0 Å². The molecule has 3 nitrogen and oxygen atoms in total. The predicted octanol–water partition coefficient (Wildman–Crippen LogP) is 3.46. The SMILES string of the molecule is C=CCN(CC=C)c1nc(Cl)nc2ccccc12. The second-order valence-corrected chi connectivity index (χ2v) is 4.15. The average Bonchev–Trinajstić information content (AvgIpc) is 2.37. The van der Waals surface area contributed by atoms with Gasteiger partial charge in [-0.15, -0.1) is 13.2 Å². The van der Waals surface area contributed by atoms with Crippen molar-refractivity contribution in [2.45, 2.75) is 0 Å². The maximum absolute atomic E-state index is 5.97. The highest BCUT2D eigenvalue weighted by Crippen LogP contribution is 2.25. The topological polar surface area (TPSA) is 29.0 Å². The van der Waals surface area contributed by atoms with Crippen molar-refractivity contribution in [3.05, 3.63) is 54.9 Å². The van der Waals surface area contributed by atoms with E-state index in [1.807, 2.05) is 36.4 Å². The summed E-state index contributed by atoms with van der Waals surface area (Å²) in [4.78, 5) is 10.6. The molecule has 0 saturated heterocycles. The first kappa shape index (κ1) is 12.6. The highest BCUT2D eigenvalue weighted by atomic mass is 35.5. The van der Waals surface area contributed by atoms with Crippen molar-refractivity contribution in [3.8, 4) is 0 Å². The molecule has 0 aliphatic carbocycles. The Labute approximate surface area is 111 Å². The number of hydrogen-bond donors (Lipinski definition) is 0. The zero-order chi connectivity index (χ0) is 13.0. The Morgan fingerprint density at radius 1 is 1.11 bits per heavy atom. The minimum absolute atomic E-state index is 0.252. The van der Waals surface area contributed by atoms with Crippen LogP contribution in [0.3, 0.4) is 0 Å². The van der Waals surface area contributed by atoms with Crippen LogP contribution in [0.15, 0.2) is 49.6 Å². The second-order valence-electron chi connectivity index (χ2n) is 3.82. The molecule has 0 amide bonds. The fourth-order valence-electron chi connectivity index (χ4n) is 1.83. The quantitative estimate of drug-likeness (QED) is 0.608. The number of benzene rings is 1. The number of rotatable bonds is 5. The minimum Gasteiger partial charge on any atom is -0.349 e. The Bertz CT molecular complexity index is 570. The third-order valence-corrected chi connectivity index (χ3v) is 2.72. The predicted molar refractivity (Wildman–Crippen MR) is 77.2 cm³/mol. The van der Waals surface area contributed by atoms with E-state index < -0.39 is 0 Å². The van der Waals surface area contributed by atoms with Gasteiger partial charge >= 0.3 is 0 Å². The van der Waals surface area contributed by atoms with Crippen LogP contribution in [-0.4, -0.2) is 23.1 Å². The van der Waals surface area contributed by atoms with Crippen LogP contribution in [0, 0.1) is 0 Å². The first-order valence-electron chi connectivity index (χ1n) is 5.65. The summed E-state index contributed by atoms with van der Waals surface area (Å²) in [7, 11) is 0. The minimum atomic E-state index is 0.252. The van der Waals surface area contributed by atoms with Crippen molar-refractivity contribution in [2.75, 3.05) is 18.0 Å². The number of anilines is 1. The molecule has 0 bridgehead atoms. The Balaban J connectivity index is 2.59. The van der Waals surface area contributed by atoms with Crippen LogP contribution in [0.4, 0.5) is 5.82 Å². The summed E-state index contributed by atoms with van der Waals surface area (Å²) in [5.41, 5.74) is 0.839. The lowest BCUT2D eigenvalue weighted by atomic mass is 10.2. The van der Waals surface area contributed by atoms with Gasteiger partial charge in [0, 0.05) is 18.5 Å². The standard InChI is InChI=1S/C14H14ClN3/c1-3-9-18(10-4-2)13-11-7-5-6-8-12(11)16-14(15)17-13/h3-8H,1-2,9-10H2. The van der Waals surface area contributed by atoms with Crippen LogP contribution in [-0.2, 0) is 0 Å². The molecule has 0 radical (unpaired) electrons. The van der Waals surface area contributed by atoms with Gasteiger partial charge in [0.1, 0.15) is 5.82 Å². The van der Waals surface area contributed by atoms with Crippen molar-refractivity contribution in [2.24, 2.45) is 0 Å². The molecule has 1 heterocycles. The molecule has 1 aromatic heterocycles. The van der Waals surface area contributed by atoms with Gasteiger partial charge in [-0.2, -0.15) is 4.98 Å². The molecule has 0 atom stereocenters. The van der Waals surface area contributed by atoms with Gasteiger partial charge in [-0.25, -0.2) is 4.98 Å². The second kappa shape index (κ2) is 5.65. The molecular formula is C14H14ClN3. The number of aromatic nitrogens is 2. The maximum atomic E-state index is 5.97. The molecule has 0 saturated carbocycles. The third-order valence-electron chi connectivity index (χ3n) is 2.55. The van der Waals surface area contributed by atoms with Gasteiger partial charge in [0.2, 0.25) is 5.28 Å². The van der Waals surface area contributed by atoms with Crippen molar-refractivity contribution in [1.29, 1.82) is 0 Å². The van der Waals surface area contributed by atoms with E-state index in [-0.39, 0.29) is 5.28 Å². The lowest BCUT2D eigenvalue weighted by Crippen LogP contribution is -2.24. The van der Waals surface area contributed by atoms with Gasteiger partial charge in [-0.05, 0) is 23.7 Å². The zero-order valence-electron chi connectivity index (χ0n) is 10.0. The fourth-order valence-corrected chi connectivity index (χ4v) is 2.00. The lowest BCUT2D eigenvalue weighted by molar-refractivity contribution is 0.928. The number of para-hydroxylation sites is 1. The summed E-state index contributed by atoms with van der Waals surface area (Å²) in [5.74, 6) is 0.811. The lowest BCUT2D eigenvalue weighted by Gasteiger charge is -2.21. The van der Waals surface area contributed by atoms with Crippen LogP contribution in [0.5, 0.6) is 0 Å². The number of nitrogens with zero attached hydrogens (tertiary/aromatic N) is 3.